The summed E-state index contributed by atoms with van der Waals surface area (Å²) in [6, 6.07) is 1.71. The van der Waals surface area contributed by atoms with Gasteiger partial charge < -0.3 is 5.32 Å². The van der Waals surface area contributed by atoms with E-state index in [4.69, 9.17) is 5.14 Å². The van der Waals surface area contributed by atoms with Crippen molar-refractivity contribution < 1.29 is 17.6 Å². The number of hydrogen-bond donors (Lipinski definition) is 2. The standard InChI is InChI=1S/C13H16BrFN2O3S/c1-7(4-8-2-3-8)17-13(18)10-5-9(15)6-11(12(10)14)21(16,19)20/h5-8H,2-4H2,1H3,(H,17,18)(H2,16,19,20). The topological polar surface area (TPSA) is 89.3 Å². The molecule has 3 N–H and O–H groups in total. The third-order valence-electron chi connectivity index (χ3n) is 3.32. The van der Waals surface area contributed by atoms with E-state index < -0.39 is 26.6 Å². The number of rotatable bonds is 5. The highest BCUT2D eigenvalue weighted by molar-refractivity contribution is 9.10. The second-order valence-electron chi connectivity index (χ2n) is 5.36. The van der Waals surface area contributed by atoms with E-state index in [0.717, 1.165) is 18.6 Å². The average Bonchev–Trinajstić information content (AvgIpc) is 3.13. The smallest absolute Gasteiger partial charge is 0.252 e. The fourth-order valence-electron chi connectivity index (χ4n) is 2.15. The summed E-state index contributed by atoms with van der Waals surface area (Å²) in [6.07, 6.45) is 3.19. The van der Waals surface area contributed by atoms with E-state index in [1.165, 1.54) is 12.8 Å². The molecule has 1 unspecified atom stereocenters. The van der Waals surface area contributed by atoms with Crippen LogP contribution >= 0.6 is 15.9 Å². The molecule has 1 fully saturated rings. The van der Waals surface area contributed by atoms with Crippen molar-refractivity contribution in [3.05, 3.63) is 28.0 Å². The normalized spacial score (nSPS) is 16.6. The van der Waals surface area contributed by atoms with Gasteiger partial charge in [0, 0.05) is 6.04 Å². The van der Waals surface area contributed by atoms with Gasteiger partial charge in [0.05, 0.1) is 14.9 Å². The average molecular weight is 379 g/mol. The molecule has 0 aliphatic heterocycles. The summed E-state index contributed by atoms with van der Waals surface area (Å²) in [5.74, 6) is -0.724. The van der Waals surface area contributed by atoms with Crippen molar-refractivity contribution in [2.45, 2.75) is 37.1 Å². The quantitative estimate of drug-likeness (QED) is 0.822. The Balaban J connectivity index is 2.25. The van der Waals surface area contributed by atoms with E-state index in [0.29, 0.717) is 5.92 Å². The van der Waals surface area contributed by atoms with Gasteiger partial charge in [-0.2, -0.15) is 0 Å². The van der Waals surface area contributed by atoms with E-state index in [2.05, 4.69) is 21.2 Å². The molecule has 0 saturated heterocycles. The number of primary sulfonamides is 1. The first-order chi connectivity index (χ1) is 9.68. The maximum absolute atomic E-state index is 13.5. The van der Waals surface area contributed by atoms with Crippen molar-refractivity contribution in [3.63, 3.8) is 0 Å². The van der Waals surface area contributed by atoms with E-state index >= 15 is 0 Å². The van der Waals surface area contributed by atoms with Crippen LogP contribution in [0.5, 0.6) is 0 Å². The minimum absolute atomic E-state index is 0.0254. The fraction of sp³-hybridized carbons (Fsp3) is 0.462. The number of carbonyl (C=O) groups excluding carboxylic acids is 1. The van der Waals surface area contributed by atoms with Crippen LogP contribution < -0.4 is 10.5 Å². The van der Waals surface area contributed by atoms with Gasteiger partial charge in [-0.1, -0.05) is 12.8 Å². The highest BCUT2D eigenvalue weighted by Crippen LogP contribution is 2.33. The van der Waals surface area contributed by atoms with Crippen LogP contribution in [0, 0.1) is 11.7 Å². The van der Waals surface area contributed by atoms with Crippen LogP contribution in [-0.2, 0) is 10.0 Å². The van der Waals surface area contributed by atoms with Crippen LogP contribution in [0.2, 0.25) is 0 Å². The summed E-state index contributed by atoms with van der Waals surface area (Å²) >= 11 is 3.02. The first-order valence-electron chi connectivity index (χ1n) is 6.51. The number of hydrogen-bond acceptors (Lipinski definition) is 3. The van der Waals surface area contributed by atoms with Gasteiger partial charge in [0.1, 0.15) is 5.82 Å². The van der Waals surface area contributed by atoms with Gasteiger partial charge in [-0.15, -0.1) is 0 Å². The minimum Gasteiger partial charge on any atom is -0.350 e. The Morgan fingerprint density at radius 1 is 1.52 bits per heavy atom. The molecule has 1 saturated carbocycles. The minimum atomic E-state index is -4.12. The van der Waals surface area contributed by atoms with Crippen LogP contribution in [0.25, 0.3) is 0 Å². The molecule has 1 aromatic carbocycles. The molecule has 1 atom stereocenters. The molecule has 1 amide bonds. The molecule has 0 radical (unpaired) electrons. The molecule has 8 heteroatoms. The molecule has 21 heavy (non-hydrogen) atoms. The first kappa shape index (κ1) is 16.4. The Labute approximate surface area is 131 Å². The molecule has 2 rings (SSSR count). The monoisotopic (exact) mass is 378 g/mol. The van der Waals surface area contributed by atoms with E-state index in [9.17, 15) is 17.6 Å². The summed E-state index contributed by atoms with van der Waals surface area (Å²) in [5, 5.41) is 7.76. The first-order valence-corrected chi connectivity index (χ1v) is 8.85. The van der Waals surface area contributed by atoms with E-state index in [-0.39, 0.29) is 16.1 Å². The molecule has 1 aliphatic rings. The largest absolute Gasteiger partial charge is 0.350 e. The van der Waals surface area contributed by atoms with Gasteiger partial charge in [0.2, 0.25) is 10.0 Å². The number of sulfonamides is 1. The molecule has 116 valence electrons. The lowest BCUT2D eigenvalue weighted by molar-refractivity contribution is 0.0936. The Kier molecular flexibility index (Phi) is 4.69. The van der Waals surface area contributed by atoms with Crippen LogP contribution in [0.3, 0.4) is 0 Å². The highest BCUT2D eigenvalue weighted by Gasteiger charge is 2.26. The van der Waals surface area contributed by atoms with Gasteiger partial charge in [-0.05, 0) is 47.3 Å². The SMILES string of the molecule is CC(CC1CC1)NC(=O)c1cc(F)cc(S(N)(=O)=O)c1Br. The van der Waals surface area contributed by atoms with Crippen molar-refractivity contribution >= 4 is 31.9 Å². The molecule has 0 aromatic heterocycles. The molecule has 0 heterocycles. The van der Waals surface area contributed by atoms with E-state index in [1.807, 2.05) is 6.92 Å². The van der Waals surface area contributed by atoms with Crippen molar-refractivity contribution in [3.8, 4) is 0 Å². The zero-order valence-electron chi connectivity index (χ0n) is 11.4. The lowest BCUT2D eigenvalue weighted by atomic mass is 10.1. The maximum Gasteiger partial charge on any atom is 0.252 e. The predicted octanol–water partition coefficient (Wildman–Crippen LogP) is 2.15. The maximum atomic E-state index is 13.5. The Morgan fingerprint density at radius 3 is 2.67 bits per heavy atom. The number of carbonyl (C=O) groups is 1. The van der Waals surface area contributed by atoms with Crippen molar-refractivity contribution in [2.24, 2.45) is 11.1 Å². The van der Waals surface area contributed by atoms with Gasteiger partial charge >= 0.3 is 0 Å². The Hall–Kier alpha value is -0.990. The molecule has 0 spiro atoms. The predicted molar refractivity (Wildman–Crippen MR) is 79.7 cm³/mol. The summed E-state index contributed by atoms with van der Waals surface area (Å²) in [4.78, 5) is 11.7. The van der Waals surface area contributed by atoms with Crippen LogP contribution in [-0.4, -0.2) is 20.4 Å². The third-order valence-corrected chi connectivity index (χ3v) is 5.37. The molecule has 1 aliphatic carbocycles. The lowest BCUT2D eigenvalue weighted by Crippen LogP contribution is -2.33. The summed E-state index contributed by atoms with van der Waals surface area (Å²) in [5.41, 5.74) is -0.0818. The van der Waals surface area contributed by atoms with Crippen LogP contribution in [0.15, 0.2) is 21.5 Å². The number of nitrogens with two attached hydrogens (primary N) is 1. The second-order valence-corrected chi connectivity index (χ2v) is 7.69. The zero-order chi connectivity index (χ0) is 15.8. The summed E-state index contributed by atoms with van der Waals surface area (Å²) in [7, 11) is -4.12. The van der Waals surface area contributed by atoms with Crippen LogP contribution in [0.4, 0.5) is 4.39 Å². The van der Waals surface area contributed by atoms with Gasteiger partial charge in [-0.25, -0.2) is 17.9 Å². The van der Waals surface area contributed by atoms with E-state index in [1.54, 1.807) is 0 Å². The lowest BCUT2D eigenvalue weighted by Gasteiger charge is -2.15. The summed E-state index contributed by atoms with van der Waals surface area (Å²) in [6.45, 7) is 1.87. The van der Waals surface area contributed by atoms with Crippen LogP contribution in [0.1, 0.15) is 36.5 Å². The van der Waals surface area contributed by atoms with Gasteiger partial charge in [-0.3, -0.25) is 4.79 Å². The number of nitrogens with one attached hydrogen (secondary N) is 1. The second kappa shape index (κ2) is 6.02. The Bertz CT molecular complexity index is 674. The molecular formula is C13H16BrFN2O3S. The molecule has 5 nitrogen and oxygen atoms in total. The van der Waals surface area contributed by atoms with Crippen molar-refractivity contribution in [1.29, 1.82) is 0 Å². The Morgan fingerprint density at radius 2 is 2.14 bits per heavy atom. The number of amides is 1. The number of benzene rings is 1. The highest BCUT2D eigenvalue weighted by atomic mass is 79.9. The molecular weight excluding hydrogens is 363 g/mol. The van der Waals surface area contributed by atoms with Crippen molar-refractivity contribution in [2.75, 3.05) is 0 Å². The molecule has 0 bridgehead atoms. The van der Waals surface area contributed by atoms with Gasteiger partial charge in [0.25, 0.3) is 5.91 Å². The zero-order valence-corrected chi connectivity index (χ0v) is 13.8. The molecule has 1 aromatic rings. The number of halogens is 2. The van der Waals surface area contributed by atoms with Crippen molar-refractivity contribution in [1.82, 2.24) is 5.32 Å². The third kappa shape index (κ3) is 4.24. The van der Waals surface area contributed by atoms with Gasteiger partial charge in [0.15, 0.2) is 0 Å². The fourth-order valence-corrected chi connectivity index (χ4v) is 3.87. The summed E-state index contributed by atoms with van der Waals surface area (Å²) < 4.78 is 36.3.